The molecule has 1 aromatic carbocycles. The summed E-state index contributed by atoms with van der Waals surface area (Å²) in [5.41, 5.74) is 1.10. The van der Waals surface area contributed by atoms with Gasteiger partial charge in [0.25, 0.3) is 0 Å². The number of carbonyl (C=O) groups is 3. The molecule has 120 valence electrons. The molecule has 0 unspecified atom stereocenters. The molecule has 0 aliphatic rings. The van der Waals surface area contributed by atoms with Gasteiger partial charge in [0, 0.05) is 25.9 Å². The van der Waals surface area contributed by atoms with E-state index < -0.39 is 5.97 Å². The summed E-state index contributed by atoms with van der Waals surface area (Å²) in [6.07, 6.45) is 1.75. The number of rotatable bonds is 9. The van der Waals surface area contributed by atoms with Gasteiger partial charge in [-0.3, -0.25) is 9.59 Å². The van der Waals surface area contributed by atoms with E-state index in [0.29, 0.717) is 38.8 Å². The average Bonchev–Trinajstić information content (AvgIpc) is 2.48. The van der Waals surface area contributed by atoms with E-state index in [4.69, 9.17) is 5.11 Å². The number of nitrogens with one attached hydrogen (secondary N) is 2. The van der Waals surface area contributed by atoms with Crippen LogP contribution in [0.2, 0.25) is 0 Å². The van der Waals surface area contributed by atoms with Gasteiger partial charge in [0.2, 0.25) is 11.8 Å². The normalized spacial score (nSPS) is 10.0. The van der Waals surface area contributed by atoms with Crippen LogP contribution in [0.3, 0.4) is 0 Å². The van der Waals surface area contributed by atoms with Gasteiger partial charge in [-0.05, 0) is 37.5 Å². The fourth-order valence-corrected chi connectivity index (χ4v) is 1.99. The van der Waals surface area contributed by atoms with Crippen LogP contribution in [0.5, 0.6) is 0 Å². The van der Waals surface area contributed by atoms with Crippen molar-refractivity contribution in [1.82, 2.24) is 10.6 Å². The molecule has 1 rings (SSSR count). The zero-order valence-corrected chi connectivity index (χ0v) is 12.7. The first kappa shape index (κ1) is 17.7. The summed E-state index contributed by atoms with van der Waals surface area (Å²) >= 11 is 0. The number of carbonyl (C=O) groups excluding carboxylic acids is 2. The van der Waals surface area contributed by atoms with Gasteiger partial charge >= 0.3 is 5.97 Å². The van der Waals surface area contributed by atoms with Crippen molar-refractivity contribution in [2.75, 3.05) is 13.1 Å². The molecule has 0 bridgehead atoms. The van der Waals surface area contributed by atoms with Crippen molar-refractivity contribution < 1.29 is 19.5 Å². The highest BCUT2D eigenvalue weighted by molar-refractivity contribution is 5.87. The Kier molecular flexibility index (Phi) is 7.67. The van der Waals surface area contributed by atoms with E-state index in [9.17, 15) is 14.4 Å². The lowest BCUT2D eigenvalue weighted by molar-refractivity contribution is -0.122. The summed E-state index contributed by atoms with van der Waals surface area (Å²) in [5, 5.41) is 14.3. The Labute approximate surface area is 129 Å². The molecule has 0 atom stereocenters. The first-order valence-corrected chi connectivity index (χ1v) is 7.38. The van der Waals surface area contributed by atoms with E-state index in [1.54, 1.807) is 12.1 Å². The van der Waals surface area contributed by atoms with E-state index in [1.165, 1.54) is 6.07 Å². The van der Waals surface area contributed by atoms with Gasteiger partial charge in [0.15, 0.2) is 0 Å². The highest BCUT2D eigenvalue weighted by Gasteiger charge is 2.05. The number of hydrogen-bond acceptors (Lipinski definition) is 3. The maximum Gasteiger partial charge on any atom is 0.335 e. The van der Waals surface area contributed by atoms with Crippen molar-refractivity contribution >= 4 is 17.8 Å². The van der Waals surface area contributed by atoms with Gasteiger partial charge in [-0.15, -0.1) is 0 Å². The topological polar surface area (TPSA) is 95.5 Å². The highest BCUT2D eigenvalue weighted by atomic mass is 16.4. The van der Waals surface area contributed by atoms with Crippen LogP contribution >= 0.6 is 0 Å². The summed E-state index contributed by atoms with van der Waals surface area (Å²) in [4.78, 5) is 33.7. The second-order valence-corrected chi connectivity index (χ2v) is 4.91. The van der Waals surface area contributed by atoms with E-state index in [-0.39, 0.29) is 17.4 Å². The molecule has 22 heavy (non-hydrogen) atoms. The average molecular weight is 306 g/mol. The number of aromatic carboxylic acids is 1. The Balaban J connectivity index is 2.23. The summed E-state index contributed by atoms with van der Waals surface area (Å²) in [5.74, 6) is -1.10. The minimum atomic E-state index is -0.962. The zero-order valence-electron chi connectivity index (χ0n) is 12.7. The number of carboxylic acids is 1. The zero-order chi connectivity index (χ0) is 16.4. The fourth-order valence-electron chi connectivity index (χ4n) is 1.99. The van der Waals surface area contributed by atoms with Gasteiger partial charge in [-0.25, -0.2) is 4.79 Å². The van der Waals surface area contributed by atoms with Gasteiger partial charge in [-0.1, -0.05) is 12.1 Å². The lowest BCUT2D eigenvalue weighted by atomic mass is 10.1. The summed E-state index contributed by atoms with van der Waals surface area (Å²) in [6, 6.07) is 6.65. The predicted molar refractivity (Wildman–Crippen MR) is 82.6 cm³/mol. The van der Waals surface area contributed by atoms with Gasteiger partial charge in [0.05, 0.1) is 5.56 Å². The molecule has 0 saturated carbocycles. The Morgan fingerprint density at radius 1 is 1.09 bits per heavy atom. The first-order valence-electron chi connectivity index (χ1n) is 7.38. The van der Waals surface area contributed by atoms with Crippen LogP contribution in [0.1, 0.15) is 42.1 Å². The van der Waals surface area contributed by atoms with Crippen molar-refractivity contribution in [1.29, 1.82) is 0 Å². The van der Waals surface area contributed by atoms with E-state index in [1.807, 2.05) is 13.0 Å². The van der Waals surface area contributed by atoms with Crippen LogP contribution in [0.25, 0.3) is 0 Å². The molecule has 0 radical (unpaired) electrons. The number of amides is 2. The van der Waals surface area contributed by atoms with Crippen LogP contribution in [0, 0.1) is 0 Å². The minimum Gasteiger partial charge on any atom is -0.478 e. The molecular formula is C16H22N2O4. The molecule has 0 aromatic heterocycles. The monoisotopic (exact) mass is 306 g/mol. The van der Waals surface area contributed by atoms with Crippen LogP contribution in [0.4, 0.5) is 0 Å². The summed E-state index contributed by atoms with van der Waals surface area (Å²) in [6.45, 7) is 2.90. The van der Waals surface area contributed by atoms with Crippen LogP contribution in [-0.2, 0) is 16.0 Å². The predicted octanol–water partition coefficient (Wildman–Crippen LogP) is 1.35. The molecule has 0 fully saturated rings. The van der Waals surface area contributed by atoms with Gasteiger partial charge < -0.3 is 15.7 Å². The van der Waals surface area contributed by atoms with Crippen LogP contribution in [0.15, 0.2) is 24.3 Å². The van der Waals surface area contributed by atoms with Crippen molar-refractivity contribution in [3.63, 3.8) is 0 Å². The summed E-state index contributed by atoms with van der Waals surface area (Å²) < 4.78 is 0. The third kappa shape index (κ3) is 6.88. The van der Waals surface area contributed by atoms with Crippen molar-refractivity contribution in [3.05, 3.63) is 35.4 Å². The number of benzene rings is 1. The first-order chi connectivity index (χ1) is 10.5. The summed E-state index contributed by atoms with van der Waals surface area (Å²) in [7, 11) is 0. The molecular weight excluding hydrogens is 284 g/mol. The lowest BCUT2D eigenvalue weighted by Crippen LogP contribution is -2.26. The van der Waals surface area contributed by atoms with Gasteiger partial charge in [0.1, 0.15) is 0 Å². The maximum absolute atomic E-state index is 11.6. The molecule has 0 aliphatic heterocycles. The molecule has 0 saturated heterocycles. The molecule has 0 aliphatic carbocycles. The van der Waals surface area contributed by atoms with Crippen LogP contribution < -0.4 is 10.6 Å². The lowest BCUT2D eigenvalue weighted by Gasteiger charge is -2.06. The Hall–Kier alpha value is -2.37. The molecule has 3 N–H and O–H groups in total. The third-order valence-corrected chi connectivity index (χ3v) is 3.09. The van der Waals surface area contributed by atoms with Crippen molar-refractivity contribution in [3.8, 4) is 0 Å². The molecule has 6 heteroatoms. The second kappa shape index (κ2) is 9.55. The molecule has 6 nitrogen and oxygen atoms in total. The highest BCUT2D eigenvalue weighted by Crippen LogP contribution is 2.05. The molecule has 1 aromatic rings. The van der Waals surface area contributed by atoms with Crippen molar-refractivity contribution in [2.24, 2.45) is 0 Å². The Morgan fingerprint density at radius 3 is 2.41 bits per heavy atom. The molecule has 2 amide bonds. The maximum atomic E-state index is 11.6. The third-order valence-electron chi connectivity index (χ3n) is 3.09. The van der Waals surface area contributed by atoms with E-state index >= 15 is 0 Å². The number of carboxylic acid groups (broad SMARTS) is 1. The van der Waals surface area contributed by atoms with E-state index in [0.717, 1.165) is 5.56 Å². The Bertz CT molecular complexity index is 529. The van der Waals surface area contributed by atoms with E-state index in [2.05, 4.69) is 10.6 Å². The minimum absolute atomic E-state index is 0.0409. The van der Waals surface area contributed by atoms with Gasteiger partial charge in [-0.2, -0.15) is 0 Å². The fraction of sp³-hybridized carbons (Fsp3) is 0.438. The number of hydrogen-bond donors (Lipinski definition) is 3. The Morgan fingerprint density at radius 2 is 1.77 bits per heavy atom. The van der Waals surface area contributed by atoms with Crippen LogP contribution in [-0.4, -0.2) is 36.0 Å². The van der Waals surface area contributed by atoms with Crippen molar-refractivity contribution in [2.45, 2.75) is 32.6 Å². The molecule has 0 spiro atoms. The smallest absolute Gasteiger partial charge is 0.335 e. The standard InChI is InChI=1S/C16H22N2O4/c1-2-17-14(19)7-4-8-15(20)18-10-9-12-5-3-6-13(11-12)16(21)22/h3,5-6,11H,2,4,7-10H2,1H3,(H,17,19)(H,18,20)(H,21,22). The molecule has 0 heterocycles. The quantitative estimate of drug-likeness (QED) is 0.641. The second-order valence-electron chi connectivity index (χ2n) is 4.91. The largest absolute Gasteiger partial charge is 0.478 e. The SMILES string of the molecule is CCNC(=O)CCCC(=O)NCCc1cccc(C(=O)O)c1.